The van der Waals surface area contributed by atoms with Crippen molar-refractivity contribution in [2.45, 2.75) is 5.41 Å². The van der Waals surface area contributed by atoms with Gasteiger partial charge in [0.15, 0.2) is 0 Å². The highest BCUT2D eigenvalue weighted by molar-refractivity contribution is 6.12. The van der Waals surface area contributed by atoms with E-state index in [0.717, 1.165) is 33.8 Å². The van der Waals surface area contributed by atoms with Crippen LogP contribution in [0.1, 0.15) is 22.3 Å². The summed E-state index contributed by atoms with van der Waals surface area (Å²) in [6.07, 6.45) is 0. The molecule has 2 nitrogen and oxygen atoms in total. The molecule has 2 aliphatic rings. The van der Waals surface area contributed by atoms with Crippen LogP contribution in [0.15, 0.2) is 127 Å². The molecule has 0 radical (unpaired) electrons. The van der Waals surface area contributed by atoms with E-state index in [4.69, 9.17) is 4.74 Å². The predicted octanol–water partition coefficient (Wildman–Crippen LogP) is 8.85. The van der Waals surface area contributed by atoms with E-state index in [2.05, 4.69) is 132 Å². The Balaban J connectivity index is 1.53. The van der Waals surface area contributed by atoms with Crippen LogP contribution in [-0.4, -0.2) is 4.57 Å². The van der Waals surface area contributed by atoms with Crippen LogP contribution in [0.25, 0.3) is 38.6 Å². The summed E-state index contributed by atoms with van der Waals surface area (Å²) in [4.78, 5) is 0. The Morgan fingerprint density at radius 2 is 1.36 bits per heavy atom. The van der Waals surface area contributed by atoms with Gasteiger partial charge in [-0.2, -0.15) is 0 Å². The van der Waals surface area contributed by atoms with E-state index in [0.29, 0.717) is 0 Å². The number of ether oxygens (including phenoxy) is 1. The van der Waals surface area contributed by atoms with Crippen molar-refractivity contribution in [2.24, 2.45) is 0 Å². The van der Waals surface area contributed by atoms with Crippen molar-refractivity contribution in [1.82, 2.24) is 4.57 Å². The average molecular weight is 496 g/mol. The molecule has 0 aliphatic carbocycles. The molecule has 180 valence electrons. The fourth-order valence-corrected chi connectivity index (χ4v) is 7.03. The first-order chi connectivity index (χ1) is 19.4. The summed E-state index contributed by atoms with van der Waals surface area (Å²) in [6, 6.07) is 52.1. The summed E-state index contributed by atoms with van der Waals surface area (Å²) in [5.41, 5.74) is 9.82. The third-order valence-corrected chi connectivity index (χ3v) is 8.50. The van der Waals surface area contributed by atoms with Crippen LogP contribution < -0.4 is 4.74 Å². The molecule has 9 rings (SSSR count). The summed E-state index contributed by atoms with van der Waals surface area (Å²) >= 11 is 0. The minimum Gasteiger partial charge on any atom is -0.455 e. The Hall–Kier alpha value is -5.26. The highest BCUT2D eigenvalue weighted by Gasteiger charge is 2.51. The number of rotatable bonds is 1. The van der Waals surface area contributed by atoms with Gasteiger partial charge in [-0.3, -0.25) is 0 Å². The number of hydrogen-bond acceptors (Lipinski definition) is 1. The van der Waals surface area contributed by atoms with Crippen molar-refractivity contribution in [2.75, 3.05) is 0 Å². The SMILES string of the molecule is c1ccc2c(c#1)C1(c3ccccc3-n3c4ccccc4c4cccc1c43)c1cccc(-c3ccccc3)c1O2. The number of aromatic nitrogens is 1. The molecular weight excluding hydrogens is 474 g/mol. The molecule has 0 amide bonds. The first-order valence-corrected chi connectivity index (χ1v) is 13.3. The molecule has 1 aromatic heterocycles. The molecule has 3 heterocycles. The van der Waals surface area contributed by atoms with E-state index in [1.54, 1.807) is 0 Å². The van der Waals surface area contributed by atoms with Gasteiger partial charge in [0.2, 0.25) is 0 Å². The van der Waals surface area contributed by atoms with E-state index >= 15 is 0 Å². The Kier molecular flexibility index (Phi) is 3.94. The van der Waals surface area contributed by atoms with Crippen LogP contribution in [0.4, 0.5) is 0 Å². The maximum Gasteiger partial charge on any atom is 0.141 e. The normalized spacial score (nSPS) is 16.3. The lowest BCUT2D eigenvalue weighted by atomic mass is 9.61. The van der Waals surface area contributed by atoms with Crippen molar-refractivity contribution in [3.8, 4) is 28.3 Å². The third kappa shape index (κ3) is 2.48. The quantitative estimate of drug-likeness (QED) is 0.222. The van der Waals surface area contributed by atoms with Gasteiger partial charge in [0, 0.05) is 21.9 Å². The highest BCUT2D eigenvalue weighted by Crippen LogP contribution is 2.61. The first-order valence-electron chi connectivity index (χ1n) is 13.3. The van der Waals surface area contributed by atoms with Gasteiger partial charge in [-0.25, -0.2) is 0 Å². The molecule has 2 aliphatic heterocycles. The van der Waals surface area contributed by atoms with E-state index in [9.17, 15) is 0 Å². The second kappa shape index (κ2) is 7.40. The fraction of sp³-hybridized carbons (Fsp3) is 0.0270. The maximum absolute atomic E-state index is 6.79. The lowest BCUT2D eigenvalue weighted by Crippen LogP contribution is -2.37. The minimum atomic E-state index is -0.619. The van der Waals surface area contributed by atoms with Crippen molar-refractivity contribution < 1.29 is 4.74 Å². The smallest absolute Gasteiger partial charge is 0.141 e. The zero-order valence-electron chi connectivity index (χ0n) is 21.0. The van der Waals surface area contributed by atoms with E-state index in [1.807, 2.05) is 12.1 Å². The Bertz CT molecular complexity index is 2100. The maximum atomic E-state index is 6.79. The summed E-state index contributed by atoms with van der Waals surface area (Å²) < 4.78 is 9.24. The van der Waals surface area contributed by atoms with Gasteiger partial charge >= 0.3 is 0 Å². The number of benzene rings is 5. The van der Waals surface area contributed by atoms with Crippen LogP contribution in [0.3, 0.4) is 0 Å². The molecule has 2 heteroatoms. The molecule has 7 aromatic rings. The largest absolute Gasteiger partial charge is 0.455 e. The predicted molar refractivity (Wildman–Crippen MR) is 156 cm³/mol. The number of fused-ring (bicyclic) bond motifs is 11. The Labute approximate surface area is 226 Å². The number of nitrogens with zero attached hydrogens (tertiary/aromatic N) is 1. The van der Waals surface area contributed by atoms with Crippen LogP contribution in [0.2, 0.25) is 0 Å². The summed E-state index contributed by atoms with van der Waals surface area (Å²) in [5, 5.41) is 2.51. The molecule has 1 atom stereocenters. The molecule has 0 saturated heterocycles. The molecule has 0 bridgehead atoms. The van der Waals surface area contributed by atoms with E-state index in [1.165, 1.54) is 38.6 Å². The van der Waals surface area contributed by atoms with Gasteiger partial charge in [-0.05, 0) is 41.0 Å². The molecule has 1 spiro atoms. The van der Waals surface area contributed by atoms with Crippen molar-refractivity contribution in [1.29, 1.82) is 0 Å². The molecule has 39 heavy (non-hydrogen) atoms. The number of hydrogen-bond donors (Lipinski definition) is 0. The number of para-hydroxylation sites is 4. The monoisotopic (exact) mass is 495 g/mol. The van der Waals surface area contributed by atoms with Gasteiger partial charge < -0.3 is 9.30 Å². The van der Waals surface area contributed by atoms with Crippen molar-refractivity contribution >= 4 is 21.8 Å². The van der Waals surface area contributed by atoms with Crippen LogP contribution in [0.5, 0.6) is 11.5 Å². The molecule has 6 aromatic carbocycles. The highest BCUT2D eigenvalue weighted by atomic mass is 16.5. The second-order valence-corrected chi connectivity index (χ2v) is 10.3. The Morgan fingerprint density at radius 1 is 0.615 bits per heavy atom. The van der Waals surface area contributed by atoms with E-state index < -0.39 is 5.41 Å². The van der Waals surface area contributed by atoms with Gasteiger partial charge in [-0.15, -0.1) is 0 Å². The van der Waals surface area contributed by atoms with Gasteiger partial charge in [0.25, 0.3) is 0 Å². The topological polar surface area (TPSA) is 14.2 Å². The minimum absolute atomic E-state index is 0.619. The van der Waals surface area contributed by atoms with Crippen LogP contribution >= 0.6 is 0 Å². The van der Waals surface area contributed by atoms with Crippen molar-refractivity contribution in [3.05, 3.63) is 162 Å². The molecule has 0 fully saturated rings. The summed E-state index contributed by atoms with van der Waals surface area (Å²) in [7, 11) is 0. The average Bonchev–Trinajstić information content (AvgIpc) is 3.35. The molecule has 0 saturated carbocycles. The Morgan fingerprint density at radius 3 is 2.31 bits per heavy atom. The van der Waals surface area contributed by atoms with Crippen LogP contribution in [0, 0.1) is 12.1 Å². The zero-order chi connectivity index (χ0) is 25.6. The lowest BCUT2D eigenvalue weighted by Gasteiger charge is -2.44. The van der Waals surface area contributed by atoms with Crippen molar-refractivity contribution in [3.63, 3.8) is 0 Å². The third-order valence-electron chi connectivity index (χ3n) is 8.50. The molecule has 1 unspecified atom stereocenters. The van der Waals surface area contributed by atoms with Gasteiger partial charge in [-0.1, -0.05) is 115 Å². The summed E-state index contributed by atoms with van der Waals surface area (Å²) in [6.45, 7) is 0. The fourth-order valence-electron chi connectivity index (χ4n) is 7.03. The van der Waals surface area contributed by atoms with Crippen LogP contribution in [-0.2, 0) is 5.41 Å². The molecule has 0 N–H and O–H groups in total. The van der Waals surface area contributed by atoms with Gasteiger partial charge in [0.1, 0.15) is 11.5 Å². The van der Waals surface area contributed by atoms with Gasteiger partial charge in [0.05, 0.1) is 27.7 Å². The summed E-state index contributed by atoms with van der Waals surface area (Å²) in [5.74, 6) is 1.72. The lowest BCUT2D eigenvalue weighted by molar-refractivity contribution is 0.436. The first kappa shape index (κ1) is 20.8. The second-order valence-electron chi connectivity index (χ2n) is 10.3. The standard InChI is InChI=1S/C37H21NO/c1-2-12-24(13-3-1)25-15-10-20-31-36(25)39-34-23-9-6-18-29(34)37(31)28-17-5-8-22-33(28)38-32-21-7-4-14-26(32)27-16-11-19-30(37)35(27)38/h1-5,7-17,19-23H. The zero-order valence-corrected chi connectivity index (χ0v) is 21.0. The molecular formula is C37H21NO. The van der Waals surface area contributed by atoms with E-state index in [-0.39, 0.29) is 0 Å².